The third-order valence-corrected chi connectivity index (χ3v) is 5.70. The molecule has 1 aliphatic carbocycles. The lowest BCUT2D eigenvalue weighted by atomic mass is 9.93. The molecule has 1 unspecified atom stereocenters. The molecule has 0 bridgehead atoms. The lowest BCUT2D eigenvalue weighted by Gasteiger charge is -2.26. The van der Waals surface area contributed by atoms with E-state index >= 15 is 0 Å². The van der Waals surface area contributed by atoms with Crippen molar-refractivity contribution in [2.24, 2.45) is 0 Å². The molecule has 20 heavy (non-hydrogen) atoms. The van der Waals surface area contributed by atoms with Gasteiger partial charge < -0.3 is 5.32 Å². The molecule has 1 aliphatic rings. The molecule has 1 heterocycles. The number of halogens is 2. The second-order valence-electron chi connectivity index (χ2n) is 5.43. The first-order chi connectivity index (χ1) is 9.54. The molecule has 106 valence electrons. The van der Waals surface area contributed by atoms with E-state index in [0.717, 1.165) is 8.81 Å². The third-order valence-electron chi connectivity index (χ3n) is 3.90. The van der Waals surface area contributed by atoms with E-state index < -0.39 is 0 Å². The molecule has 0 fully saturated rings. The number of anilines is 1. The zero-order chi connectivity index (χ0) is 14.3. The molecular weight excluding hydrogens is 354 g/mol. The van der Waals surface area contributed by atoms with Crippen molar-refractivity contribution in [2.45, 2.75) is 39.2 Å². The summed E-state index contributed by atoms with van der Waals surface area (Å²) in [4.78, 5) is 1.45. The first kappa shape index (κ1) is 14.4. The van der Waals surface area contributed by atoms with Gasteiger partial charge in [-0.3, -0.25) is 0 Å². The van der Waals surface area contributed by atoms with Crippen molar-refractivity contribution >= 4 is 44.6 Å². The highest BCUT2D eigenvalue weighted by atomic mass is 79.9. The van der Waals surface area contributed by atoms with Gasteiger partial charge in [-0.2, -0.15) is 0 Å². The number of hydrogen-bond acceptors (Lipinski definition) is 2. The summed E-state index contributed by atoms with van der Waals surface area (Å²) in [6.07, 6.45) is 3.58. The summed E-state index contributed by atoms with van der Waals surface area (Å²) in [5, 5.41) is 3.74. The molecule has 1 aromatic heterocycles. The highest BCUT2D eigenvalue weighted by Crippen LogP contribution is 2.40. The van der Waals surface area contributed by atoms with Crippen molar-refractivity contribution in [2.75, 3.05) is 5.32 Å². The first-order valence-electron chi connectivity index (χ1n) is 6.86. The Morgan fingerprint density at radius 1 is 1.25 bits per heavy atom. The molecule has 3 rings (SSSR count). The van der Waals surface area contributed by atoms with Crippen LogP contribution in [-0.4, -0.2) is 0 Å². The van der Waals surface area contributed by atoms with Crippen molar-refractivity contribution in [3.8, 4) is 0 Å². The summed E-state index contributed by atoms with van der Waals surface area (Å²) in [6, 6.07) is 6.86. The zero-order valence-electron chi connectivity index (χ0n) is 11.6. The summed E-state index contributed by atoms with van der Waals surface area (Å²) in [5.41, 5.74) is 5.22. The summed E-state index contributed by atoms with van der Waals surface area (Å²) in [7, 11) is 0. The van der Waals surface area contributed by atoms with Gasteiger partial charge in [0.15, 0.2) is 0 Å². The Morgan fingerprint density at radius 2 is 1.95 bits per heavy atom. The maximum Gasteiger partial charge on any atom is 0.0934 e. The van der Waals surface area contributed by atoms with Crippen LogP contribution in [0.5, 0.6) is 0 Å². The van der Waals surface area contributed by atoms with Crippen molar-refractivity contribution in [3.05, 3.63) is 48.6 Å². The number of thiophene rings is 1. The van der Waals surface area contributed by atoms with E-state index in [1.165, 1.54) is 46.5 Å². The van der Waals surface area contributed by atoms with Gasteiger partial charge in [0, 0.05) is 15.0 Å². The first-order valence-corrected chi connectivity index (χ1v) is 8.84. The molecule has 0 amide bonds. The summed E-state index contributed by atoms with van der Waals surface area (Å²) >= 11 is 11.5. The molecule has 1 aromatic carbocycles. The van der Waals surface area contributed by atoms with Crippen molar-refractivity contribution < 1.29 is 0 Å². The van der Waals surface area contributed by atoms with Crippen LogP contribution in [0.3, 0.4) is 0 Å². The SMILES string of the molecule is Cc1cc(Br)cc(C)c1NC1CCCc2sc(Cl)cc21. The van der Waals surface area contributed by atoms with Gasteiger partial charge in [-0.25, -0.2) is 0 Å². The predicted octanol–water partition coefficient (Wildman–Crippen LogP) is 6.27. The van der Waals surface area contributed by atoms with Crippen LogP contribution in [0.15, 0.2) is 22.7 Å². The van der Waals surface area contributed by atoms with E-state index in [0.29, 0.717) is 6.04 Å². The van der Waals surface area contributed by atoms with E-state index in [1.54, 1.807) is 11.3 Å². The van der Waals surface area contributed by atoms with Gasteiger partial charge in [0.2, 0.25) is 0 Å². The molecule has 1 nitrogen and oxygen atoms in total. The normalized spacial score (nSPS) is 17.9. The average Bonchev–Trinajstić information content (AvgIpc) is 2.74. The Labute approximate surface area is 137 Å². The number of fused-ring (bicyclic) bond motifs is 1. The molecular formula is C16H17BrClNS. The van der Waals surface area contributed by atoms with Crippen LogP contribution in [0.2, 0.25) is 4.34 Å². The van der Waals surface area contributed by atoms with Crippen LogP contribution in [0.4, 0.5) is 5.69 Å². The Hall–Kier alpha value is -0.510. The van der Waals surface area contributed by atoms with Gasteiger partial charge in [-0.1, -0.05) is 27.5 Å². The van der Waals surface area contributed by atoms with Crippen LogP contribution in [0.1, 0.15) is 40.5 Å². The van der Waals surface area contributed by atoms with Gasteiger partial charge in [0.1, 0.15) is 0 Å². The quantitative estimate of drug-likeness (QED) is 0.657. The van der Waals surface area contributed by atoms with Crippen molar-refractivity contribution in [1.29, 1.82) is 0 Å². The van der Waals surface area contributed by atoms with Gasteiger partial charge in [0.25, 0.3) is 0 Å². The van der Waals surface area contributed by atoms with E-state index in [4.69, 9.17) is 11.6 Å². The molecule has 2 aromatic rings. The van der Waals surface area contributed by atoms with E-state index in [9.17, 15) is 0 Å². The molecule has 0 spiro atoms. The van der Waals surface area contributed by atoms with Gasteiger partial charge in [-0.05, 0) is 68.0 Å². The monoisotopic (exact) mass is 369 g/mol. The average molecular weight is 371 g/mol. The molecule has 0 radical (unpaired) electrons. The Kier molecular flexibility index (Phi) is 4.11. The molecule has 1 atom stereocenters. The number of rotatable bonds is 2. The topological polar surface area (TPSA) is 12.0 Å². The van der Waals surface area contributed by atoms with Gasteiger partial charge in [-0.15, -0.1) is 11.3 Å². The molecule has 1 N–H and O–H groups in total. The number of benzene rings is 1. The van der Waals surface area contributed by atoms with Crippen molar-refractivity contribution in [1.82, 2.24) is 0 Å². The molecule has 0 saturated carbocycles. The summed E-state index contributed by atoms with van der Waals surface area (Å²) < 4.78 is 2.05. The standard InChI is InChI=1S/C16H17BrClNS/c1-9-6-11(17)7-10(2)16(9)19-13-4-3-5-14-12(13)8-15(18)20-14/h6-8,13,19H,3-5H2,1-2H3. The lowest BCUT2D eigenvalue weighted by Crippen LogP contribution is -2.16. The number of nitrogens with one attached hydrogen (secondary N) is 1. The predicted molar refractivity (Wildman–Crippen MR) is 92.2 cm³/mol. The van der Waals surface area contributed by atoms with Crippen LogP contribution in [0.25, 0.3) is 0 Å². The largest absolute Gasteiger partial charge is 0.378 e. The Bertz CT molecular complexity index is 627. The number of hydrogen-bond donors (Lipinski definition) is 1. The van der Waals surface area contributed by atoms with Crippen molar-refractivity contribution in [3.63, 3.8) is 0 Å². The lowest BCUT2D eigenvalue weighted by molar-refractivity contribution is 0.608. The minimum atomic E-state index is 0.390. The van der Waals surface area contributed by atoms with Gasteiger partial charge in [0.05, 0.1) is 10.4 Å². The zero-order valence-corrected chi connectivity index (χ0v) is 14.8. The fraction of sp³-hybridized carbons (Fsp3) is 0.375. The maximum atomic E-state index is 6.19. The minimum absolute atomic E-state index is 0.390. The maximum absolute atomic E-state index is 6.19. The smallest absolute Gasteiger partial charge is 0.0934 e. The highest BCUT2D eigenvalue weighted by molar-refractivity contribution is 9.10. The van der Waals surface area contributed by atoms with Gasteiger partial charge >= 0.3 is 0 Å². The van der Waals surface area contributed by atoms with E-state index in [1.807, 2.05) is 0 Å². The number of aryl methyl sites for hydroxylation is 3. The van der Waals surface area contributed by atoms with E-state index in [-0.39, 0.29) is 0 Å². The fourth-order valence-electron chi connectivity index (χ4n) is 2.98. The van der Waals surface area contributed by atoms with Crippen LogP contribution >= 0.6 is 38.9 Å². The highest BCUT2D eigenvalue weighted by Gasteiger charge is 2.23. The third kappa shape index (κ3) is 2.76. The second kappa shape index (κ2) is 5.70. The molecule has 0 aliphatic heterocycles. The summed E-state index contributed by atoms with van der Waals surface area (Å²) in [6.45, 7) is 4.31. The van der Waals surface area contributed by atoms with Crippen LogP contribution in [0, 0.1) is 13.8 Å². The van der Waals surface area contributed by atoms with Crippen LogP contribution < -0.4 is 5.32 Å². The second-order valence-corrected chi connectivity index (χ2v) is 8.12. The fourth-order valence-corrected chi connectivity index (χ4v) is 5.05. The Morgan fingerprint density at radius 3 is 2.65 bits per heavy atom. The Balaban J connectivity index is 1.93. The molecule has 0 saturated heterocycles. The summed E-state index contributed by atoms with van der Waals surface area (Å²) in [5.74, 6) is 0. The van der Waals surface area contributed by atoms with Crippen LogP contribution in [-0.2, 0) is 6.42 Å². The van der Waals surface area contributed by atoms with E-state index in [2.05, 4.69) is 53.3 Å². The molecule has 4 heteroatoms. The minimum Gasteiger partial charge on any atom is -0.378 e.